The molecule has 1 aliphatic rings. The molecule has 0 aromatic heterocycles. The average Bonchev–Trinajstić information content (AvgIpc) is 2.43. The lowest BCUT2D eigenvalue weighted by atomic mass is 10.2. The number of piperazine rings is 1. The highest BCUT2D eigenvalue weighted by molar-refractivity contribution is 6.31. The molecule has 1 heterocycles. The normalized spacial score (nSPS) is 18.3. The van der Waals surface area contributed by atoms with Gasteiger partial charge in [0.15, 0.2) is 0 Å². The molecule has 4 heteroatoms. The Morgan fingerprint density at radius 2 is 2.11 bits per heavy atom. The Labute approximate surface area is 120 Å². The van der Waals surface area contributed by atoms with Crippen molar-refractivity contribution >= 4 is 11.6 Å². The van der Waals surface area contributed by atoms with Crippen molar-refractivity contribution < 1.29 is 4.74 Å². The van der Waals surface area contributed by atoms with Crippen molar-refractivity contribution in [2.24, 2.45) is 0 Å². The number of rotatable bonds is 5. The molecule has 1 atom stereocenters. The number of benzene rings is 1. The molecule has 0 saturated carbocycles. The second kappa shape index (κ2) is 7.13. The summed E-state index contributed by atoms with van der Waals surface area (Å²) in [5.41, 5.74) is 1.16. The zero-order valence-corrected chi connectivity index (χ0v) is 12.5. The first-order valence-corrected chi connectivity index (χ1v) is 7.45. The van der Waals surface area contributed by atoms with Gasteiger partial charge in [-0.05, 0) is 37.1 Å². The predicted octanol–water partition coefficient (Wildman–Crippen LogP) is 2.92. The number of ether oxygens (including phenoxy) is 1. The van der Waals surface area contributed by atoms with Gasteiger partial charge in [0.05, 0.1) is 6.10 Å². The van der Waals surface area contributed by atoms with Gasteiger partial charge in [0.25, 0.3) is 0 Å². The second-order valence-electron chi connectivity index (χ2n) is 5.12. The van der Waals surface area contributed by atoms with Crippen LogP contribution < -0.4 is 10.1 Å². The first-order chi connectivity index (χ1) is 9.19. The summed E-state index contributed by atoms with van der Waals surface area (Å²) < 4.78 is 5.86. The lowest BCUT2D eigenvalue weighted by Crippen LogP contribution is -2.42. The Morgan fingerprint density at radius 3 is 2.79 bits per heavy atom. The molecular weight excluding hydrogens is 260 g/mol. The van der Waals surface area contributed by atoms with Crippen molar-refractivity contribution in [1.29, 1.82) is 0 Å². The summed E-state index contributed by atoms with van der Waals surface area (Å²) in [6.07, 6.45) is 1.25. The monoisotopic (exact) mass is 282 g/mol. The van der Waals surface area contributed by atoms with Gasteiger partial charge in [0, 0.05) is 37.7 Å². The largest absolute Gasteiger partial charge is 0.491 e. The molecule has 1 aromatic rings. The molecule has 1 fully saturated rings. The van der Waals surface area contributed by atoms with E-state index < -0.39 is 0 Å². The summed E-state index contributed by atoms with van der Waals surface area (Å²) >= 11 is 6.29. The van der Waals surface area contributed by atoms with Crippen molar-refractivity contribution in [2.75, 3.05) is 26.2 Å². The van der Waals surface area contributed by atoms with E-state index in [2.05, 4.69) is 30.1 Å². The van der Waals surface area contributed by atoms with Crippen LogP contribution in [-0.2, 0) is 6.54 Å². The van der Waals surface area contributed by atoms with E-state index in [9.17, 15) is 0 Å². The molecule has 3 nitrogen and oxygen atoms in total. The van der Waals surface area contributed by atoms with Crippen LogP contribution in [0, 0.1) is 0 Å². The molecule has 1 N–H and O–H groups in total. The Kier molecular flexibility index (Phi) is 5.49. The van der Waals surface area contributed by atoms with E-state index in [0.29, 0.717) is 0 Å². The standard InChI is InChI=1S/C15H23ClN2O/c1-3-12(2)19-14-4-5-15(16)13(10-14)11-18-8-6-17-7-9-18/h4-5,10,12,17H,3,6-9,11H2,1-2H3. The fraction of sp³-hybridized carbons (Fsp3) is 0.600. The number of hydrogen-bond donors (Lipinski definition) is 1. The van der Waals surface area contributed by atoms with Crippen molar-refractivity contribution in [3.05, 3.63) is 28.8 Å². The minimum Gasteiger partial charge on any atom is -0.491 e. The minimum absolute atomic E-state index is 0.244. The van der Waals surface area contributed by atoms with E-state index >= 15 is 0 Å². The van der Waals surface area contributed by atoms with Crippen LogP contribution in [0.1, 0.15) is 25.8 Å². The first-order valence-electron chi connectivity index (χ1n) is 7.07. The van der Waals surface area contributed by atoms with Gasteiger partial charge in [-0.3, -0.25) is 4.90 Å². The van der Waals surface area contributed by atoms with Crippen LogP contribution in [-0.4, -0.2) is 37.2 Å². The highest BCUT2D eigenvalue weighted by Gasteiger charge is 2.13. The summed E-state index contributed by atoms with van der Waals surface area (Å²) in [4.78, 5) is 2.42. The minimum atomic E-state index is 0.244. The van der Waals surface area contributed by atoms with Gasteiger partial charge in [0.1, 0.15) is 5.75 Å². The van der Waals surface area contributed by atoms with Gasteiger partial charge in [-0.2, -0.15) is 0 Å². The SMILES string of the molecule is CCC(C)Oc1ccc(Cl)c(CN2CCNCC2)c1. The fourth-order valence-electron chi connectivity index (χ4n) is 2.17. The molecule has 0 bridgehead atoms. The van der Waals surface area contributed by atoms with Crippen LogP contribution in [0.15, 0.2) is 18.2 Å². The Balaban J connectivity index is 2.03. The van der Waals surface area contributed by atoms with Crippen molar-refractivity contribution in [2.45, 2.75) is 32.9 Å². The molecule has 0 amide bonds. The maximum absolute atomic E-state index is 6.29. The van der Waals surface area contributed by atoms with Crippen molar-refractivity contribution in [3.8, 4) is 5.75 Å². The van der Waals surface area contributed by atoms with Crippen LogP contribution in [0.4, 0.5) is 0 Å². The van der Waals surface area contributed by atoms with E-state index in [1.165, 1.54) is 0 Å². The first kappa shape index (κ1) is 14.6. The lowest BCUT2D eigenvalue weighted by Gasteiger charge is -2.27. The smallest absolute Gasteiger partial charge is 0.120 e. The van der Waals surface area contributed by atoms with Crippen molar-refractivity contribution in [1.82, 2.24) is 10.2 Å². The molecule has 1 saturated heterocycles. The van der Waals surface area contributed by atoms with E-state index in [1.807, 2.05) is 12.1 Å². The van der Waals surface area contributed by atoms with Crippen LogP contribution in [0.5, 0.6) is 5.75 Å². The maximum Gasteiger partial charge on any atom is 0.120 e. The molecule has 1 aromatic carbocycles. The molecule has 19 heavy (non-hydrogen) atoms. The summed E-state index contributed by atoms with van der Waals surface area (Å²) in [7, 11) is 0. The summed E-state index contributed by atoms with van der Waals surface area (Å²) in [5, 5.41) is 4.19. The maximum atomic E-state index is 6.29. The zero-order chi connectivity index (χ0) is 13.7. The van der Waals surface area contributed by atoms with Gasteiger partial charge in [-0.25, -0.2) is 0 Å². The van der Waals surface area contributed by atoms with Gasteiger partial charge in [0.2, 0.25) is 0 Å². The second-order valence-corrected chi connectivity index (χ2v) is 5.52. The Hall–Kier alpha value is -0.770. The van der Waals surface area contributed by atoms with E-state index in [1.54, 1.807) is 0 Å². The zero-order valence-electron chi connectivity index (χ0n) is 11.8. The van der Waals surface area contributed by atoms with Crippen LogP contribution in [0.3, 0.4) is 0 Å². The van der Waals surface area contributed by atoms with Crippen molar-refractivity contribution in [3.63, 3.8) is 0 Å². The van der Waals surface area contributed by atoms with Gasteiger partial charge in [-0.15, -0.1) is 0 Å². The molecule has 0 radical (unpaired) electrons. The number of hydrogen-bond acceptors (Lipinski definition) is 3. The lowest BCUT2D eigenvalue weighted by molar-refractivity contribution is 0.215. The van der Waals surface area contributed by atoms with Gasteiger partial charge < -0.3 is 10.1 Å². The van der Waals surface area contributed by atoms with Crippen LogP contribution >= 0.6 is 11.6 Å². The molecule has 1 unspecified atom stereocenters. The van der Waals surface area contributed by atoms with E-state index in [4.69, 9.17) is 16.3 Å². The topological polar surface area (TPSA) is 24.5 Å². The van der Waals surface area contributed by atoms with E-state index in [-0.39, 0.29) is 6.10 Å². The molecule has 106 valence electrons. The fourth-order valence-corrected chi connectivity index (χ4v) is 2.35. The van der Waals surface area contributed by atoms with Gasteiger partial charge in [-0.1, -0.05) is 18.5 Å². The highest BCUT2D eigenvalue weighted by Crippen LogP contribution is 2.24. The Morgan fingerprint density at radius 1 is 1.37 bits per heavy atom. The third-order valence-corrected chi connectivity index (χ3v) is 3.90. The molecule has 2 rings (SSSR count). The average molecular weight is 283 g/mol. The van der Waals surface area contributed by atoms with Crippen LogP contribution in [0.2, 0.25) is 5.02 Å². The molecule has 0 spiro atoms. The molecule has 1 aliphatic heterocycles. The molecular formula is C15H23ClN2O. The predicted molar refractivity (Wildman–Crippen MR) is 80.0 cm³/mol. The molecule has 0 aliphatic carbocycles. The number of nitrogens with zero attached hydrogens (tertiary/aromatic N) is 1. The Bertz CT molecular complexity index is 405. The summed E-state index contributed by atoms with van der Waals surface area (Å²) in [5.74, 6) is 0.920. The number of nitrogens with one attached hydrogen (secondary N) is 1. The summed E-state index contributed by atoms with van der Waals surface area (Å²) in [6.45, 7) is 9.38. The third-order valence-electron chi connectivity index (χ3n) is 3.53. The number of halogens is 1. The highest BCUT2D eigenvalue weighted by atomic mass is 35.5. The summed E-state index contributed by atoms with van der Waals surface area (Å²) in [6, 6.07) is 5.98. The third kappa shape index (κ3) is 4.37. The van der Waals surface area contributed by atoms with E-state index in [0.717, 1.165) is 55.5 Å². The van der Waals surface area contributed by atoms with Gasteiger partial charge >= 0.3 is 0 Å². The van der Waals surface area contributed by atoms with Crippen LogP contribution in [0.25, 0.3) is 0 Å². The quantitative estimate of drug-likeness (QED) is 0.899.